The molecule has 0 radical (unpaired) electrons. The Balaban J connectivity index is 1.95. The Bertz CT molecular complexity index is 1430. The number of halogens is 1. The van der Waals surface area contributed by atoms with Crippen LogP contribution in [0.2, 0.25) is 0 Å². The molecule has 1 unspecified atom stereocenters. The first-order valence-corrected chi connectivity index (χ1v) is 13.8. The Morgan fingerprint density at radius 1 is 0.968 bits per heavy atom. The fraction of sp³-hybridized carbons (Fsp3) is 0.185. The zero-order valence-electron chi connectivity index (χ0n) is 17.7. The summed E-state index contributed by atoms with van der Waals surface area (Å²) >= 11 is 2.27. The first-order chi connectivity index (χ1) is 15.0. The summed E-state index contributed by atoms with van der Waals surface area (Å²) in [6.45, 7) is 5.86. The van der Waals surface area contributed by atoms with E-state index in [4.69, 9.17) is 5.73 Å². The van der Waals surface area contributed by atoms with E-state index in [0.717, 1.165) is 26.5 Å². The molecule has 0 aliphatic carbocycles. The van der Waals surface area contributed by atoms with Crippen LogP contribution >= 0.6 is 22.6 Å². The van der Waals surface area contributed by atoms with Crippen LogP contribution in [0.25, 0.3) is 32.7 Å². The van der Waals surface area contributed by atoms with Gasteiger partial charge in [0.05, 0.1) is 0 Å². The number of aryl methyl sites for hydroxylation is 2. The number of rotatable bonds is 6. The number of fused-ring (bicyclic) bond motifs is 2. The van der Waals surface area contributed by atoms with Crippen molar-refractivity contribution in [1.29, 1.82) is 0 Å². The van der Waals surface area contributed by atoms with Crippen molar-refractivity contribution in [3.63, 3.8) is 0 Å². The van der Waals surface area contributed by atoms with Gasteiger partial charge in [-0.2, -0.15) is 0 Å². The van der Waals surface area contributed by atoms with Gasteiger partial charge in [0.2, 0.25) is 0 Å². The van der Waals surface area contributed by atoms with Crippen molar-refractivity contribution in [2.45, 2.75) is 13.3 Å². The summed E-state index contributed by atoms with van der Waals surface area (Å²) in [5, 5.41) is 7.41. The monoisotopic (exact) mass is 539 g/mol. The average molecular weight is 539 g/mol. The Labute approximate surface area is 198 Å². The summed E-state index contributed by atoms with van der Waals surface area (Å²) in [5.41, 5.74) is 12.1. The third-order valence-electron chi connectivity index (χ3n) is 5.95. The van der Waals surface area contributed by atoms with Gasteiger partial charge < -0.3 is 5.73 Å². The van der Waals surface area contributed by atoms with E-state index in [9.17, 15) is 4.21 Å². The van der Waals surface area contributed by atoms with E-state index in [0.29, 0.717) is 17.9 Å². The summed E-state index contributed by atoms with van der Waals surface area (Å²) in [4.78, 5) is 0. The van der Waals surface area contributed by atoms with Crippen LogP contribution in [0.1, 0.15) is 11.1 Å². The van der Waals surface area contributed by atoms with Gasteiger partial charge >= 0.3 is 0 Å². The number of benzene rings is 4. The first kappa shape index (κ1) is 21.9. The van der Waals surface area contributed by atoms with Crippen LogP contribution in [0.5, 0.6) is 0 Å². The molecule has 2 nitrogen and oxygen atoms in total. The van der Waals surface area contributed by atoms with Crippen LogP contribution in [0.15, 0.2) is 73.3 Å². The van der Waals surface area contributed by atoms with Crippen molar-refractivity contribution in [3.8, 4) is 11.1 Å². The molecule has 4 aromatic rings. The smallest absolute Gasteiger partial charge is 0.0473 e. The van der Waals surface area contributed by atoms with Crippen molar-refractivity contribution in [3.05, 3.63) is 84.4 Å². The molecular weight excluding hydrogens is 513 g/mol. The van der Waals surface area contributed by atoms with Crippen LogP contribution in [-0.2, 0) is 15.9 Å². The normalized spacial score (nSPS) is 13.2. The summed E-state index contributed by atoms with van der Waals surface area (Å²) in [7, 11) is -2.17. The molecular formula is C27H26INOS. The van der Waals surface area contributed by atoms with E-state index < -0.39 is 9.52 Å². The van der Waals surface area contributed by atoms with E-state index in [1.54, 1.807) is 0 Å². The number of alkyl halides is 1. The molecule has 4 aromatic carbocycles. The van der Waals surface area contributed by atoms with Gasteiger partial charge in [-0.3, -0.25) is 4.21 Å². The quantitative estimate of drug-likeness (QED) is 0.133. The van der Waals surface area contributed by atoms with Crippen LogP contribution in [0, 0.1) is 6.92 Å². The molecule has 4 heteroatoms. The lowest BCUT2D eigenvalue weighted by molar-refractivity contribution is 0.681. The molecule has 31 heavy (non-hydrogen) atoms. The second kappa shape index (κ2) is 9.07. The van der Waals surface area contributed by atoms with E-state index in [1.807, 2.05) is 12.1 Å². The highest BCUT2D eigenvalue weighted by Gasteiger charge is 2.16. The van der Waals surface area contributed by atoms with Crippen LogP contribution < -0.4 is 5.73 Å². The van der Waals surface area contributed by atoms with E-state index in [2.05, 4.69) is 95.7 Å². The zero-order valence-corrected chi connectivity index (χ0v) is 20.6. The lowest BCUT2D eigenvalue weighted by Crippen LogP contribution is -2.15. The molecule has 0 bridgehead atoms. The van der Waals surface area contributed by atoms with Crippen molar-refractivity contribution in [2.75, 3.05) is 21.7 Å². The minimum absolute atomic E-state index is 0.557. The minimum atomic E-state index is -2.17. The van der Waals surface area contributed by atoms with Gasteiger partial charge in [-0.05, 0) is 58.8 Å². The molecule has 0 spiro atoms. The minimum Gasteiger partial charge on any atom is -0.398 e. The molecule has 0 aliphatic rings. The number of nitrogen functional groups attached to an aromatic ring is 1. The third-order valence-corrected chi connectivity index (χ3v) is 9.47. The molecule has 0 fully saturated rings. The topological polar surface area (TPSA) is 43.1 Å². The Morgan fingerprint density at radius 3 is 2.35 bits per heavy atom. The molecule has 0 amide bonds. The Morgan fingerprint density at radius 2 is 1.65 bits per heavy atom. The number of hydrogen-bond donors (Lipinski definition) is 1. The predicted molar refractivity (Wildman–Crippen MR) is 147 cm³/mol. The molecule has 0 saturated carbocycles. The van der Waals surface area contributed by atoms with Crippen molar-refractivity contribution >= 4 is 64.4 Å². The zero-order chi connectivity index (χ0) is 22.0. The maximum atomic E-state index is 13.1. The highest BCUT2D eigenvalue weighted by Crippen LogP contribution is 2.40. The maximum absolute atomic E-state index is 13.1. The maximum Gasteiger partial charge on any atom is 0.0473 e. The first-order valence-electron chi connectivity index (χ1n) is 10.4. The third kappa shape index (κ3) is 4.25. The van der Waals surface area contributed by atoms with Crippen LogP contribution in [0.4, 0.5) is 5.69 Å². The lowest BCUT2D eigenvalue weighted by Gasteiger charge is -2.18. The fourth-order valence-corrected chi connectivity index (χ4v) is 7.70. The SMILES string of the molecule is C=C=S(=O)(CCI)CCc1cc(-c2c(C)ccc3ccccc23)c(N)c2ccccc12. The Kier molecular flexibility index (Phi) is 6.42. The molecule has 0 heterocycles. The van der Waals surface area contributed by atoms with Crippen molar-refractivity contribution in [2.24, 2.45) is 0 Å². The van der Waals surface area contributed by atoms with E-state index in [-0.39, 0.29) is 0 Å². The predicted octanol–water partition coefficient (Wildman–Crippen LogP) is 6.40. The van der Waals surface area contributed by atoms with Crippen LogP contribution in [-0.4, -0.2) is 25.2 Å². The molecule has 158 valence electrons. The van der Waals surface area contributed by atoms with Gasteiger partial charge in [0.1, 0.15) is 0 Å². The van der Waals surface area contributed by atoms with E-state index >= 15 is 0 Å². The summed E-state index contributed by atoms with van der Waals surface area (Å²) in [5.74, 6) is 1.18. The van der Waals surface area contributed by atoms with E-state index in [1.165, 1.54) is 27.5 Å². The highest BCUT2D eigenvalue weighted by molar-refractivity contribution is 14.1. The number of hydrogen-bond acceptors (Lipinski definition) is 2. The average Bonchev–Trinajstić information content (AvgIpc) is 2.79. The molecule has 1 atom stereocenters. The van der Waals surface area contributed by atoms with Crippen molar-refractivity contribution in [1.82, 2.24) is 0 Å². The molecule has 2 N–H and O–H groups in total. The molecule has 0 aromatic heterocycles. The number of nitrogens with two attached hydrogens (primary N) is 1. The van der Waals surface area contributed by atoms with Gasteiger partial charge in [-0.1, -0.05) is 88.3 Å². The second-order valence-corrected chi connectivity index (χ2v) is 11.6. The van der Waals surface area contributed by atoms with Crippen LogP contribution in [0.3, 0.4) is 0 Å². The molecule has 0 aliphatic heterocycles. The lowest BCUT2D eigenvalue weighted by atomic mass is 9.89. The standard InChI is InChI=1S/C27H26INOS/c1-3-31(30,17-15-28)16-14-21-18-25(27(29)24-11-7-6-9-22(21)24)26-19(2)12-13-20-8-4-5-10-23(20)26/h4-13,18H,1,14-17,29H2,2H3. The second-order valence-electron chi connectivity index (χ2n) is 7.82. The summed E-state index contributed by atoms with van der Waals surface area (Å²) in [6.07, 6.45) is 0.704. The van der Waals surface area contributed by atoms with Gasteiger partial charge in [0, 0.05) is 42.1 Å². The summed E-state index contributed by atoms with van der Waals surface area (Å²) < 4.78 is 13.9. The van der Waals surface area contributed by atoms with Gasteiger partial charge in [0.25, 0.3) is 0 Å². The fourth-order valence-electron chi connectivity index (χ4n) is 4.27. The van der Waals surface area contributed by atoms with Crippen molar-refractivity contribution < 1.29 is 4.21 Å². The molecule has 4 rings (SSSR count). The van der Waals surface area contributed by atoms with Gasteiger partial charge in [-0.25, -0.2) is 0 Å². The highest BCUT2D eigenvalue weighted by atomic mass is 127. The van der Waals surface area contributed by atoms with Gasteiger partial charge in [-0.15, -0.1) is 0 Å². The van der Waals surface area contributed by atoms with Gasteiger partial charge in [0.15, 0.2) is 0 Å². The molecule has 0 saturated heterocycles. The number of anilines is 1. The Hall–Kier alpha value is -2.27. The summed E-state index contributed by atoms with van der Waals surface area (Å²) in [6, 6.07) is 23.2. The largest absolute Gasteiger partial charge is 0.398 e.